The predicted molar refractivity (Wildman–Crippen MR) is 143 cm³/mol. The number of benzene rings is 3. The summed E-state index contributed by atoms with van der Waals surface area (Å²) in [5.41, 5.74) is 15.1. The summed E-state index contributed by atoms with van der Waals surface area (Å²) in [5, 5.41) is 3.63. The fourth-order valence-corrected chi connectivity index (χ4v) is 4.99. The number of piperidine rings is 1. The summed E-state index contributed by atoms with van der Waals surface area (Å²) in [7, 11) is 0. The van der Waals surface area contributed by atoms with Gasteiger partial charge in [-0.1, -0.05) is 74.0 Å². The van der Waals surface area contributed by atoms with Crippen molar-refractivity contribution in [2.24, 2.45) is 5.73 Å². The van der Waals surface area contributed by atoms with E-state index < -0.39 is 0 Å². The molecular weight excluding hydrogens is 418 g/mol. The first kappa shape index (κ1) is 23.6. The van der Waals surface area contributed by atoms with Gasteiger partial charge in [0, 0.05) is 25.2 Å². The van der Waals surface area contributed by atoms with E-state index in [0.717, 1.165) is 50.9 Å². The molecule has 1 aliphatic heterocycles. The van der Waals surface area contributed by atoms with Crippen molar-refractivity contribution in [3.63, 3.8) is 0 Å². The first-order valence-corrected chi connectivity index (χ1v) is 12.4. The molecule has 4 heteroatoms. The fraction of sp³-hybridized carbons (Fsp3) is 0.300. The topological polar surface area (TPSA) is 58.4 Å². The van der Waals surface area contributed by atoms with Gasteiger partial charge >= 0.3 is 0 Å². The van der Waals surface area contributed by atoms with Gasteiger partial charge in [-0.25, -0.2) is 0 Å². The highest BCUT2D eigenvalue weighted by Crippen LogP contribution is 2.31. The maximum atomic E-state index is 11.9. The number of rotatable bonds is 8. The zero-order valence-corrected chi connectivity index (χ0v) is 20.3. The zero-order chi connectivity index (χ0) is 23.9. The van der Waals surface area contributed by atoms with Gasteiger partial charge in [0.25, 0.3) is 0 Å². The minimum absolute atomic E-state index is 0.335. The lowest BCUT2D eigenvalue weighted by atomic mass is 9.90. The Morgan fingerprint density at radius 3 is 2.26 bits per heavy atom. The minimum Gasteiger partial charge on any atom is -0.379 e. The van der Waals surface area contributed by atoms with Crippen molar-refractivity contribution in [3.05, 3.63) is 100 Å². The molecule has 34 heavy (non-hydrogen) atoms. The molecule has 1 saturated heterocycles. The molecule has 0 unspecified atom stereocenters. The van der Waals surface area contributed by atoms with E-state index in [9.17, 15) is 4.79 Å². The maximum Gasteiger partial charge on any atom is 0.248 e. The molecule has 3 aromatic rings. The van der Waals surface area contributed by atoms with Crippen LogP contribution in [-0.4, -0.2) is 19.0 Å². The lowest BCUT2D eigenvalue weighted by Crippen LogP contribution is -2.31. The Morgan fingerprint density at radius 1 is 0.912 bits per heavy atom. The van der Waals surface area contributed by atoms with Gasteiger partial charge in [-0.05, 0) is 66.1 Å². The number of nitrogens with zero attached hydrogens (tertiary/aromatic N) is 1. The van der Waals surface area contributed by atoms with Gasteiger partial charge in [0.05, 0.1) is 11.4 Å². The van der Waals surface area contributed by atoms with Gasteiger partial charge < -0.3 is 16.0 Å². The van der Waals surface area contributed by atoms with Crippen LogP contribution in [0.5, 0.6) is 0 Å². The Kier molecular flexibility index (Phi) is 7.69. The molecule has 0 saturated carbocycles. The molecule has 176 valence electrons. The standard InChI is InChI=1S/C30H35N3O/c1-3-25-24(14-15-27(30(31)34)26(25)4-2)20-22-16-18-33(19-17-22)29-13-9-8-12-28(29)32-21-23-10-6-5-7-11-23/h5-15,20,32H,3-4,16-19,21H2,1-2H3,(H2,31,34). The SMILES string of the molecule is CCc1c(C=C2CCN(c3ccccc3NCc3ccccc3)CC2)ccc(C(N)=O)c1CC. The van der Waals surface area contributed by atoms with Gasteiger partial charge in [0.15, 0.2) is 0 Å². The van der Waals surface area contributed by atoms with Crippen molar-refractivity contribution in [3.8, 4) is 0 Å². The second-order valence-electron chi connectivity index (χ2n) is 8.88. The number of anilines is 2. The molecule has 1 amide bonds. The van der Waals surface area contributed by atoms with Gasteiger partial charge in [0.1, 0.15) is 0 Å². The quantitative estimate of drug-likeness (QED) is 0.426. The zero-order valence-electron chi connectivity index (χ0n) is 20.3. The van der Waals surface area contributed by atoms with Crippen molar-refractivity contribution in [2.75, 3.05) is 23.3 Å². The lowest BCUT2D eigenvalue weighted by molar-refractivity contribution is 0.0999. The lowest BCUT2D eigenvalue weighted by Gasteiger charge is -2.32. The van der Waals surface area contributed by atoms with Crippen LogP contribution < -0.4 is 16.0 Å². The van der Waals surface area contributed by atoms with Crippen molar-refractivity contribution in [2.45, 2.75) is 46.1 Å². The molecule has 1 aliphatic rings. The number of hydrogen-bond acceptors (Lipinski definition) is 3. The van der Waals surface area contributed by atoms with Crippen LogP contribution in [0.15, 0.2) is 72.3 Å². The molecule has 3 N–H and O–H groups in total. The highest BCUT2D eigenvalue weighted by atomic mass is 16.1. The molecule has 0 spiro atoms. The summed E-state index contributed by atoms with van der Waals surface area (Å²) in [6.07, 6.45) is 6.14. The highest BCUT2D eigenvalue weighted by Gasteiger charge is 2.18. The number of carbonyl (C=O) groups is 1. The number of primary amides is 1. The Morgan fingerprint density at radius 2 is 1.59 bits per heavy atom. The first-order chi connectivity index (χ1) is 16.6. The highest BCUT2D eigenvalue weighted by molar-refractivity contribution is 5.95. The second-order valence-corrected chi connectivity index (χ2v) is 8.88. The Labute approximate surface area is 203 Å². The molecule has 1 heterocycles. The average Bonchev–Trinajstić information content (AvgIpc) is 2.88. The van der Waals surface area contributed by atoms with E-state index in [0.29, 0.717) is 5.56 Å². The van der Waals surface area contributed by atoms with Gasteiger partial charge in [-0.2, -0.15) is 0 Å². The molecule has 4 nitrogen and oxygen atoms in total. The number of amides is 1. The van der Waals surface area contributed by atoms with Crippen LogP contribution in [0.2, 0.25) is 0 Å². The van der Waals surface area contributed by atoms with Gasteiger partial charge in [-0.15, -0.1) is 0 Å². The normalized spacial score (nSPS) is 13.6. The smallest absolute Gasteiger partial charge is 0.248 e. The molecule has 0 atom stereocenters. The maximum absolute atomic E-state index is 11.9. The Bertz CT molecular complexity index is 1160. The van der Waals surface area contributed by atoms with Gasteiger partial charge in [-0.3, -0.25) is 4.79 Å². The predicted octanol–water partition coefficient (Wildman–Crippen LogP) is 6.21. The van der Waals surface area contributed by atoms with Crippen LogP contribution in [0.25, 0.3) is 6.08 Å². The monoisotopic (exact) mass is 453 g/mol. The van der Waals surface area contributed by atoms with Crippen molar-refractivity contribution in [1.29, 1.82) is 0 Å². The molecule has 1 fully saturated rings. The second kappa shape index (κ2) is 11.1. The van der Waals surface area contributed by atoms with Crippen molar-refractivity contribution < 1.29 is 4.79 Å². The summed E-state index contributed by atoms with van der Waals surface area (Å²) in [5.74, 6) is -0.335. The van der Waals surface area contributed by atoms with E-state index in [1.54, 1.807) is 0 Å². The molecule has 0 aromatic heterocycles. The molecule has 3 aromatic carbocycles. The Hall–Kier alpha value is -3.53. The first-order valence-electron chi connectivity index (χ1n) is 12.4. The summed E-state index contributed by atoms with van der Waals surface area (Å²) in [6, 6.07) is 23.1. The van der Waals surface area contributed by atoms with E-state index in [4.69, 9.17) is 5.73 Å². The van der Waals surface area contributed by atoms with Crippen molar-refractivity contribution >= 4 is 23.4 Å². The number of carbonyl (C=O) groups excluding carboxylic acids is 1. The van der Waals surface area contributed by atoms with E-state index in [2.05, 4.69) is 90.8 Å². The third kappa shape index (κ3) is 5.33. The van der Waals surface area contributed by atoms with Crippen LogP contribution in [0.3, 0.4) is 0 Å². The minimum atomic E-state index is -0.335. The van der Waals surface area contributed by atoms with Crippen LogP contribution in [0.1, 0.15) is 59.3 Å². The van der Waals surface area contributed by atoms with E-state index in [1.165, 1.54) is 33.6 Å². The van der Waals surface area contributed by atoms with E-state index >= 15 is 0 Å². The average molecular weight is 454 g/mol. The van der Waals surface area contributed by atoms with Gasteiger partial charge in [0.2, 0.25) is 5.91 Å². The van der Waals surface area contributed by atoms with Crippen LogP contribution in [0, 0.1) is 0 Å². The van der Waals surface area contributed by atoms with Crippen LogP contribution in [0.4, 0.5) is 11.4 Å². The number of nitrogens with two attached hydrogens (primary N) is 1. The largest absolute Gasteiger partial charge is 0.379 e. The summed E-state index contributed by atoms with van der Waals surface area (Å²) >= 11 is 0. The number of hydrogen-bond donors (Lipinski definition) is 2. The van der Waals surface area contributed by atoms with Crippen LogP contribution in [-0.2, 0) is 19.4 Å². The summed E-state index contributed by atoms with van der Waals surface area (Å²) in [4.78, 5) is 14.4. The number of para-hydroxylation sites is 2. The molecule has 4 rings (SSSR count). The number of nitrogens with one attached hydrogen (secondary N) is 1. The molecular formula is C30H35N3O. The third-order valence-electron chi connectivity index (χ3n) is 6.78. The fourth-order valence-electron chi connectivity index (χ4n) is 4.99. The van der Waals surface area contributed by atoms with Crippen LogP contribution >= 0.6 is 0 Å². The van der Waals surface area contributed by atoms with Crippen molar-refractivity contribution in [1.82, 2.24) is 0 Å². The Balaban J connectivity index is 1.48. The summed E-state index contributed by atoms with van der Waals surface area (Å²) < 4.78 is 0. The molecule has 0 aliphatic carbocycles. The van der Waals surface area contributed by atoms with E-state index in [1.807, 2.05) is 6.07 Å². The molecule has 0 bridgehead atoms. The molecule has 0 radical (unpaired) electrons. The van der Waals surface area contributed by atoms with E-state index in [-0.39, 0.29) is 5.91 Å². The third-order valence-corrected chi connectivity index (χ3v) is 6.78. The summed E-state index contributed by atoms with van der Waals surface area (Å²) in [6.45, 7) is 7.06.